The van der Waals surface area contributed by atoms with Crippen molar-refractivity contribution < 1.29 is 14.3 Å². The standard InChI is InChI=1S/C27H35BrCl2N2O3/c1-7-17(3)31-26(34)23(8-2)32(15-19-21(29)10-9-11-22(19)30)25(33)16-35-24-13-12-18(14-20(24)28)27(4,5)6/h9-14,17,23H,7-8,15-16H2,1-6H3,(H,31,34)/t17-,23+/m0/s1. The molecule has 2 aromatic rings. The van der Waals surface area contributed by atoms with E-state index < -0.39 is 6.04 Å². The van der Waals surface area contributed by atoms with Crippen LogP contribution in [0.2, 0.25) is 10.0 Å². The third-order valence-electron chi connectivity index (χ3n) is 5.93. The number of benzene rings is 2. The molecule has 0 aliphatic rings. The molecule has 0 radical (unpaired) electrons. The van der Waals surface area contributed by atoms with Crippen LogP contribution in [-0.2, 0) is 21.5 Å². The van der Waals surface area contributed by atoms with Crippen molar-refractivity contribution in [2.75, 3.05) is 6.61 Å². The second-order valence-electron chi connectivity index (χ2n) is 9.65. The number of hydrogen-bond donors (Lipinski definition) is 1. The van der Waals surface area contributed by atoms with E-state index in [1.165, 1.54) is 4.90 Å². The molecule has 0 aliphatic carbocycles. The predicted octanol–water partition coefficient (Wildman–Crippen LogP) is 7.15. The summed E-state index contributed by atoms with van der Waals surface area (Å²) in [7, 11) is 0. The van der Waals surface area contributed by atoms with Crippen molar-refractivity contribution in [3.8, 4) is 5.75 Å². The van der Waals surface area contributed by atoms with Gasteiger partial charge in [0.15, 0.2) is 6.61 Å². The van der Waals surface area contributed by atoms with E-state index >= 15 is 0 Å². The van der Waals surface area contributed by atoms with Crippen LogP contribution >= 0.6 is 39.1 Å². The summed E-state index contributed by atoms with van der Waals surface area (Å²) in [6.45, 7) is 12.1. The lowest BCUT2D eigenvalue weighted by Crippen LogP contribution is -2.51. The smallest absolute Gasteiger partial charge is 0.261 e. The first kappa shape index (κ1) is 29.5. The Bertz CT molecular complexity index is 1020. The van der Waals surface area contributed by atoms with Gasteiger partial charge in [-0.2, -0.15) is 0 Å². The molecular formula is C27H35BrCl2N2O3. The van der Waals surface area contributed by atoms with E-state index in [1.807, 2.05) is 39.0 Å². The third kappa shape index (κ3) is 8.12. The van der Waals surface area contributed by atoms with Gasteiger partial charge >= 0.3 is 0 Å². The maximum Gasteiger partial charge on any atom is 0.261 e. The number of carbonyl (C=O) groups is 2. The maximum atomic E-state index is 13.5. The molecule has 2 rings (SSSR count). The summed E-state index contributed by atoms with van der Waals surface area (Å²) >= 11 is 16.3. The molecule has 0 bridgehead atoms. The monoisotopic (exact) mass is 584 g/mol. The number of nitrogens with zero attached hydrogens (tertiary/aromatic N) is 1. The average molecular weight is 586 g/mol. The Morgan fingerprint density at radius 3 is 2.23 bits per heavy atom. The predicted molar refractivity (Wildman–Crippen MR) is 147 cm³/mol. The molecule has 2 atom stereocenters. The lowest BCUT2D eigenvalue weighted by Gasteiger charge is -2.32. The van der Waals surface area contributed by atoms with E-state index in [9.17, 15) is 9.59 Å². The number of carbonyl (C=O) groups excluding carboxylic acids is 2. The maximum absolute atomic E-state index is 13.5. The summed E-state index contributed by atoms with van der Waals surface area (Å²) in [4.78, 5) is 28.1. The molecule has 0 aliphatic heterocycles. The van der Waals surface area contributed by atoms with Gasteiger partial charge in [-0.1, -0.05) is 70.0 Å². The zero-order chi connectivity index (χ0) is 26.3. The summed E-state index contributed by atoms with van der Waals surface area (Å²) < 4.78 is 6.65. The SMILES string of the molecule is CC[C@H](C(=O)N[C@@H](C)CC)N(Cc1c(Cl)cccc1Cl)C(=O)COc1ccc(C(C)(C)C)cc1Br. The minimum absolute atomic E-state index is 0.00839. The molecule has 1 N–H and O–H groups in total. The lowest BCUT2D eigenvalue weighted by atomic mass is 9.87. The van der Waals surface area contributed by atoms with Gasteiger partial charge in [-0.05, 0) is 70.9 Å². The molecular weight excluding hydrogens is 551 g/mol. The molecule has 0 spiro atoms. The van der Waals surface area contributed by atoms with Gasteiger partial charge in [0.2, 0.25) is 5.91 Å². The number of amides is 2. The molecule has 8 heteroatoms. The van der Waals surface area contributed by atoms with Crippen molar-refractivity contribution in [1.82, 2.24) is 10.2 Å². The van der Waals surface area contributed by atoms with E-state index in [0.29, 0.717) is 27.8 Å². The van der Waals surface area contributed by atoms with Crippen LogP contribution in [0, 0.1) is 0 Å². The largest absolute Gasteiger partial charge is 0.483 e. The summed E-state index contributed by atoms with van der Waals surface area (Å²) in [5.74, 6) is 0.00667. The van der Waals surface area contributed by atoms with Gasteiger partial charge in [0.25, 0.3) is 5.91 Å². The lowest BCUT2D eigenvalue weighted by molar-refractivity contribution is -0.143. The third-order valence-corrected chi connectivity index (χ3v) is 7.25. The van der Waals surface area contributed by atoms with E-state index in [1.54, 1.807) is 18.2 Å². The molecule has 2 aromatic carbocycles. The fourth-order valence-corrected chi connectivity index (χ4v) is 4.53. The quantitative estimate of drug-likeness (QED) is 0.322. The van der Waals surface area contributed by atoms with Crippen molar-refractivity contribution in [2.24, 2.45) is 0 Å². The van der Waals surface area contributed by atoms with Crippen LogP contribution in [-0.4, -0.2) is 35.4 Å². The molecule has 0 saturated heterocycles. The van der Waals surface area contributed by atoms with Gasteiger partial charge in [-0.15, -0.1) is 0 Å². The highest BCUT2D eigenvalue weighted by Crippen LogP contribution is 2.32. The van der Waals surface area contributed by atoms with Crippen molar-refractivity contribution in [1.29, 1.82) is 0 Å². The second kappa shape index (κ2) is 13.0. The van der Waals surface area contributed by atoms with E-state index in [4.69, 9.17) is 27.9 Å². The Morgan fingerprint density at radius 2 is 1.71 bits per heavy atom. The van der Waals surface area contributed by atoms with Crippen molar-refractivity contribution in [3.63, 3.8) is 0 Å². The molecule has 0 unspecified atom stereocenters. The number of rotatable bonds is 10. The number of halogens is 3. The summed E-state index contributed by atoms with van der Waals surface area (Å²) in [6.07, 6.45) is 1.22. The Hall–Kier alpha value is -1.76. The van der Waals surface area contributed by atoms with Gasteiger partial charge in [0, 0.05) is 28.2 Å². The molecule has 0 heterocycles. The van der Waals surface area contributed by atoms with Crippen molar-refractivity contribution in [2.45, 2.75) is 78.4 Å². The van der Waals surface area contributed by atoms with Gasteiger partial charge in [-0.3, -0.25) is 9.59 Å². The topological polar surface area (TPSA) is 58.6 Å². The Balaban J connectivity index is 2.31. The average Bonchev–Trinajstić information content (AvgIpc) is 2.78. The molecule has 0 saturated carbocycles. The fourth-order valence-electron chi connectivity index (χ4n) is 3.52. The first-order chi connectivity index (χ1) is 16.4. The minimum atomic E-state index is -0.695. The van der Waals surface area contributed by atoms with Crippen LogP contribution in [0.25, 0.3) is 0 Å². The molecule has 192 valence electrons. The highest BCUT2D eigenvalue weighted by molar-refractivity contribution is 9.10. The first-order valence-corrected chi connectivity index (χ1v) is 13.4. The number of ether oxygens (including phenoxy) is 1. The van der Waals surface area contributed by atoms with Gasteiger partial charge < -0.3 is 15.0 Å². The van der Waals surface area contributed by atoms with Crippen molar-refractivity contribution >= 4 is 50.9 Å². The summed E-state index contributed by atoms with van der Waals surface area (Å²) in [5.41, 5.74) is 1.72. The number of nitrogens with one attached hydrogen (secondary N) is 1. The second-order valence-corrected chi connectivity index (χ2v) is 11.3. The zero-order valence-electron chi connectivity index (χ0n) is 21.3. The van der Waals surface area contributed by atoms with Crippen molar-refractivity contribution in [3.05, 3.63) is 62.0 Å². The Labute approximate surface area is 227 Å². The summed E-state index contributed by atoms with van der Waals surface area (Å²) in [5, 5.41) is 3.86. The Kier molecular flexibility index (Phi) is 10.9. The molecule has 0 fully saturated rings. The van der Waals surface area contributed by atoms with Crippen LogP contribution in [0.3, 0.4) is 0 Å². The first-order valence-electron chi connectivity index (χ1n) is 11.8. The molecule has 5 nitrogen and oxygen atoms in total. The van der Waals surface area contributed by atoms with Gasteiger partial charge in [0.1, 0.15) is 11.8 Å². The highest BCUT2D eigenvalue weighted by Gasteiger charge is 2.30. The van der Waals surface area contributed by atoms with Gasteiger partial charge in [-0.25, -0.2) is 0 Å². The summed E-state index contributed by atoms with van der Waals surface area (Å²) in [6, 6.07) is 10.3. The molecule has 0 aromatic heterocycles. The minimum Gasteiger partial charge on any atom is -0.483 e. The number of hydrogen-bond acceptors (Lipinski definition) is 3. The van der Waals surface area contributed by atoms with Crippen LogP contribution in [0.15, 0.2) is 40.9 Å². The normalized spacial score (nSPS) is 13.2. The fraction of sp³-hybridized carbons (Fsp3) is 0.481. The van der Waals surface area contributed by atoms with Crippen LogP contribution in [0.4, 0.5) is 0 Å². The van der Waals surface area contributed by atoms with E-state index in [2.05, 4.69) is 42.0 Å². The van der Waals surface area contributed by atoms with E-state index in [0.717, 1.165) is 16.5 Å². The van der Waals surface area contributed by atoms with E-state index in [-0.39, 0.29) is 36.4 Å². The van der Waals surface area contributed by atoms with Crippen LogP contribution in [0.5, 0.6) is 5.75 Å². The zero-order valence-corrected chi connectivity index (χ0v) is 24.4. The molecule has 2 amide bonds. The van der Waals surface area contributed by atoms with Crippen LogP contribution in [0.1, 0.15) is 65.5 Å². The van der Waals surface area contributed by atoms with Crippen LogP contribution < -0.4 is 10.1 Å². The molecule has 35 heavy (non-hydrogen) atoms. The Morgan fingerprint density at radius 1 is 1.09 bits per heavy atom. The highest BCUT2D eigenvalue weighted by atomic mass is 79.9. The van der Waals surface area contributed by atoms with Gasteiger partial charge in [0.05, 0.1) is 4.47 Å².